The summed E-state index contributed by atoms with van der Waals surface area (Å²) in [6.45, 7) is 0.680. The Kier molecular flexibility index (Phi) is 4.25. The summed E-state index contributed by atoms with van der Waals surface area (Å²) in [6.07, 6.45) is 5.03. The van der Waals surface area contributed by atoms with E-state index in [0.717, 1.165) is 28.4 Å². The van der Waals surface area contributed by atoms with E-state index in [4.69, 9.17) is 4.74 Å². The third-order valence-corrected chi connectivity index (χ3v) is 3.28. The molecule has 110 valence electrons. The number of aromatic nitrogens is 3. The van der Waals surface area contributed by atoms with Gasteiger partial charge in [0.25, 0.3) is 0 Å². The summed E-state index contributed by atoms with van der Waals surface area (Å²) >= 11 is 0. The van der Waals surface area contributed by atoms with E-state index >= 15 is 0 Å². The van der Waals surface area contributed by atoms with Crippen LogP contribution < -0.4 is 10.1 Å². The van der Waals surface area contributed by atoms with Gasteiger partial charge < -0.3 is 10.1 Å². The molecular weight excluding hydrogens is 276 g/mol. The lowest BCUT2D eigenvalue weighted by Crippen LogP contribution is -2.03. The fraction of sp³-hybridized carbons (Fsp3) is 0.118. The minimum Gasteiger partial charge on any atom is -0.497 e. The lowest BCUT2D eigenvalue weighted by atomic mass is 10.1. The zero-order valence-electron chi connectivity index (χ0n) is 12.2. The third-order valence-electron chi connectivity index (χ3n) is 3.28. The van der Waals surface area contributed by atoms with Crippen LogP contribution in [0.15, 0.2) is 61.2 Å². The molecule has 1 aromatic carbocycles. The topological polar surface area (TPSA) is 59.9 Å². The highest BCUT2D eigenvalue weighted by atomic mass is 16.5. The smallest absolute Gasteiger partial charge is 0.135 e. The molecule has 1 N–H and O–H groups in total. The summed E-state index contributed by atoms with van der Waals surface area (Å²) in [5, 5.41) is 3.35. The van der Waals surface area contributed by atoms with Crippen LogP contribution in [0.4, 0.5) is 5.82 Å². The van der Waals surface area contributed by atoms with Crippen LogP contribution in [0.2, 0.25) is 0 Å². The Balaban J connectivity index is 1.78. The first-order chi connectivity index (χ1) is 10.9. The molecule has 0 atom stereocenters. The summed E-state index contributed by atoms with van der Waals surface area (Å²) in [6, 6.07) is 13.7. The first-order valence-electron chi connectivity index (χ1n) is 6.95. The molecule has 0 aliphatic heterocycles. The van der Waals surface area contributed by atoms with Crippen LogP contribution in [0.25, 0.3) is 11.3 Å². The minimum atomic E-state index is 0.680. The molecule has 3 rings (SSSR count). The Morgan fingerprint density at radius 2 is 1.86 bits per heavy atom. The number of nitrogens with zero attached hydrogens (tertiary/aromatic N) is 3. The van der Waals surface area contributed by atoms with Crippen LogP contribution in [-0.2, 0) is 6.54 Å². The van der Waals surface area contributed by atoms with Gasteiger partial charge in [0, 0.05) is 24.5 Å². The lowest BCUT2D eigenvalue weighted by molar-refractivity contribution is 0.414. The van der Waals surface area contributed by atoms with Crippen molar-refractivity contribution in [2.24, 2.45) is 0 Å². The van der Waals surface area contributed by atoms with Gasteiger partial charge in [-0.3, -0.25) is 0 Å². The van der Waals surface area contributed by atoms with Gasteiger partial charge in [-0.2, -0.15) is 0 Å². The highest BCUT2D eigenvalue weighted by molar-refractivity contribution is 5.71. The third kappa shape index (κ3) is 3.20. The molecule has 5 heteroatoms. The number of methoxy groups -OCH3 is 1. The van der Waals surface area contributed by atoms with E-state index in [1.165, 1.54) is 6.33 Å². The van der Waals surface area contributed by atoms with Gasteiger partial charge in [0.2, 0.25) is 0 Å². The van der Waals surface area contributed by atoms with Crippen LogP contribution >= 0.6 is 0 Å². The van der Waals surface area contributed by atoms with Crippen LogP contribution in [0, 0.1) is 0 Å². The number of ether oxygens (including phenoxy) is 1. The summed E-state index contributed by atoms with van der Waals surface area (Å²) in [4.78, 5) is 12.6. The first-order valence-corrected chi connectivity index (χ1v) is 6.95. The minimum absolute atomic E-state index is 0.680. The number of anilines is 1. The number of hydrogen-bond acceptors (Lipinski definition) is 5. The van der Waals surface area contributed by atoms with Gasteiger partial charge in [-0.25, -0.2) is 15.0 Å². The van der Waals surface area contributed by atoms with E-state index < -0.39 is 0 Å². The second-order valence-corrected chi connectivity index (χ2v) is 4.70. The van der Waals surface area contributed by atoms with Crippen molar-refractivity contribution in [1.82, 2.24) is 15.0 Å². The van der Waals surface area contributed by atoms with Crippen molar-refractivity contribution < 1.29 is 4.74 Å². The van der Waals surface area contributed by atoms with E-state index in [9.17, 15) is 0 Å². The van der Waals surface area contributed by atoms with Gasteiger partial charge in [0.05, 0.1) is 12.8 Å². The van der Waals surface area contributed by atoms with Crippen molar-refractivity contribution in [2.45, 2.75) is 6.54 Å². The average Bonchev–Trinajstić information content (AvgIpc) is 2.61. The molecule has 0 spiro atoms. The molecule has 0 amide bonds. The Hall–Kier alpha value is -2.95. The number of hydrogen-bond donors (Lipinski definition) is 1. The first kappa shape index (κ1) is 14.0. The van der Waals surface area contributed by atoms with Crippen LogP contribution in [-0.4, -0.2) is 22.1 Å². The van der Waals surface area contributed by atoms with E-state index in [1.807, 2.05) is 42.5 Å². The van der Waals surface area contributed by atoms with E-state index in [1.54, 1.807) is 19.5 Å². The Morgan fingerprint density at radius 3 is 2.59 bits per heavy atom. The van der Waals surface area contributed by atoms with Gasteiger partial charge in [-0.1, -0.05) is 12.1 Å². The fourth-order valence-corrected chi connectivity index (χ4v) is 2.13. The summed E-state index contributed by atoms with van der Waals surface area (Å²) in [7, 11) is 1.66. The van der Waals surface area contributed by atoms with E-state index in [0.29, 0.717) is 6.54 Å². The zero-order chi connectivity index (χ0) is 15.2. The van der Waals surface area contributed by atoms with Crippen molar-refractivity contribution in [3.05, 3.63) is 66.7 Å². The highest BCUT2D eigenvalue weighted by Gasteiger charge is 2.06. The van der Waals surface area contributed by atoms with E-state index in [-0.39, 0.29) is 0 Å². The highest BCUT2D eigenvalue weighted by Crippen LogP contribution is 2.24. The predicted molar refractivity (Wildman–Crippen MR) is 85.6 cm³/mol. The second-order valence-electron chi connectivity index (χ2n) is 4.70. The molecule has 5 nitrogen and oxygen atoms in total. The van der Waals surface area contributed by atoms with Crippen molar-refractivity contribution >= 4 is 5.82 Å². The van der Waals surface area contributed by atoms with Crippen molar-refractivity contribution in [1.29, 1.82) is 0 Å². The molecule has 2 aromatic heterocycles. The normalized spacial score (nSPS) is 10.2. The standard InChI is InChI=1S/C17H16N4O/c1-22-14-6-4-13(5-7-14)11-20-17-15(3-2-9-19-17)16-8-10-18-12-21-16/h2-10,12H,11H2,1H3,(H,19,20). The SMILES string of the molecule is COc1ccc(CNc2ncccc2-c2ccncn2)cc1. The maximum Gasteiger partial charge on any atom is 0.135 e. The quantitative estimate of drug-likeness (QED) is 0.782. The summed E-state index contributed by atoms with van der Waals surface area (Å²) in [5.41, 5.74) is 2.96. The van der Waals surface area contributed by atoms with Crippen LogP contribution in [0.1, 0.15) is 5.56 Å². The van der Waals surface area contributed by atoms with Crippen LogP contribution in [0.3, 0.4) is 0 Å². The number of benzene rings is 1. The molecule has 0 saturated heterocycles. The second kappa shape index (κ2) is 6.67. The lowest BCUT2D eigenvalue weighted by Gasteiger charge is -2.10. The van der Waals surface area contributed by atoms with Gasteiger partial charge in [0.15, 0.2) is 0 Å². The Morgan fingerprint density at radius 1 is 1.00 bits per heavy atom. The molecule has 3 aromatic rings. The van der Waals surface area contributed by atoms with Gasteiger partial charge in [0.1, 0.15) is 17.9 Å². The molecular formula is C17H16N4O. The molecule has 0 aliphatic carbocycles. The maximum absolute atomic E-state index is 5.16. The number of rotatable bonds is 5. The molecule has 0 bridgehead atoms. The van der Waals surface area contributed by atoms with Gasteiger partial charge >= 0.3 is 0 Å². The molecule has 0 radical (unpaired) electrons. The molecule has 0 aliphatic rings. The summed E-state index contributed by atoms with van der Waals surface area (Å²) < 4.78 is 5.16. The number of nitrogens with one attached hydrogen (secondary N) is 1. The predicted octanol–water partition coefficient (Wildman–Crippen LogP) is 3.16. The van der Waals surface area contributed by atoms with Crippen molar-refractivity contribution in [3.8, 4) is 17.0 Å². The largest absolute Gasteiger partial charge is 0.497 e. The Bertz CT molecular complexity index is 729. The van der Waals surface area contributed by atoms with Gasteiger partial charge in [-0.15, -0.1) is 0 Å². The number of pyridine rings is 1. The molecule has 0 fully saturated rings. The molecule has 0 unspecified atom stereocenters. The fourth-order valence-electron chi connectivity index (χ4n) is 2.13. The van der Waals surface area contributed by atoms with E-state index in [2.05, 4.69) is 20.3 Å². The monoisotopic (exact) mass is 292 g/mol. The molecule has 2 heterocycles. The maximum atomic E-state index is 5.16. The summed E-state index contributed by atoms with van der Waals surface area (Å²) in [5.74, 6) is 1.65. The average molecular weight is 292 g/mol. The van der Waals surface area contributed by atoms with Crippen molar-refractivity contribution in [2.75, 3.05) is 12.4 Å². The zero-order valence-corrected chi connectivity index (χ0v) is 12.2. The van der Waals surface area contributed by atoms with Gasteiger partial charge in [-0.05, 0) is 35.9 Å². The van der Waals surface area contributed by atoms with Crippen LogP contribution in [0.5, 0.6) is 5.75 Å². The molecule has 0 saturated carbocycles. The van der Waals surface area contributed by atoms with Crippen molar-refractivity contribution in [3.63, 3.8) is 0 Å². The Labute approximate surface area is 129 Å². The molecule has 22 heavy (non-hydrogen) atoms.